The average Bonchev–Trinajstić information content (AvgIpc) is 3.18. The molecule has 0 radical (unpaired) electrons. The number of carbonyl (C=O) groups excluding carboxylic acids is 1. The monoisotopic (exact) mass is 410 g/mol. The Morgan fingerprint density at radius 1 is 1.23 bits per heavy atom. The molecule has 1 saturated carbocycles. The van der Waals surface area contributed by atoms with E-state index in [9.17, 15) is 9.18 Å². The summed E-state index contributed by atoms with van der Waals surface area (Å²) in [7, 11) is 0. The standard InChI is InChI=1S/C22H23FN4O3/c23-15-8-14-11-29-12-30-20(14)19(10-15)27-22(28)24-16-5-3-4-13(9-16)21-25-17-6-1-2-7-18(17)26-21/h1-2,6-8,10,13,16H,3-5,9,11-12H2,(H,25,26)(H2,24,27,28)/t13-,16+/m0/s1. The first-order chi connectivity index (χ1) is 14.7. The summed E-state index contributed by atoms with van der Waals surface area (Å²) in [6.45, 7) is 0.335. The van der Waals surface area contributed by atoms with Crippen molar-refractivity contribution >= 4 is 22.8 Å². The fourth-order valence-corrected chi connectivity index (χ4v) is 4.35. The summed E-state index contributed by atoms with van der Waals surface area (Å²) in [6, 6.07) is 10.3. The third kappa shape index (κ3) is 3.82. The minimum atomic E-state index is -0.444. The first kappa shape index (κ1) is 18.9. The SMILES string of the molecule is O=C(Nc1cc(F)cc2c1OCOC2)N[C@@H]1CCC[C@H](c2nc3ccccc3[nH]2)C1. The number of carbonyl (C=O) groups is 1. The molecule has 1 aliphatic carbocycles. The van der Waals surface area contributed by atoms with E-state index in [2.05, 4.69) is 15.6 Å². The van der Waals surface area contributed by atoms with Gasteiger partial charge in [0.15, 0.2) is 12.5 Å². The number of nitrogens with one attached hydrogen (secondary N) is 3. The van der Waals surface area contributed by atoms with Crippen LogP contribution in [0.1, 0.15) is 43.0 Å². The second-order valence-corrected chi connectivity index (χ2v) is 7.85. The number of para-hydroxylation sites is 2. The van der Waals surface area contributed by atoms with Gasteiger partial charge < -0.3 is 25.1 Å². The highest BCUT2D eigenvalue weighted by atomic mass is 19.1. The van der Waals surface area contributed by atoms with Crippen LogP contribution < -0.4 is 15.4 Å². The highest BCUT2D eigenvalue weighted by Gasteiger charge is 2.27. The molecule has 1 aromatic heterocycles. The zero-order valence-corrected chi connectivity index (χ0v) is 16.4. The zero-order chi connectivity index (χ0) is 20.5. The number of anilines is 1. The van der Waals surface area contributed by atoms with Crippen LogP contribution in [0.25, 0.3) is 11.0 Å². The number of rotatable bonds is 3. The van der Waals surface area contributed by atoms with Crippen LogP contribution in [0.2, 0.25) is 0 Å². The maximum Gasteiger partial charge on any atom is 0.319 e. The summed E-state index contributed by atoms with van der Waals surface area (Å²) in [5.74, 6) is 1.25. The molecule has 3 aromatic rings. The molecule has 2 aliphatic rings. The molecule has 0 spiro atoms. The molecule has 0 unspecified atom stereocenters. The minimum absolute atomic E-state index is 0.0191. The van der Waals surface area contributed by atoms with Gasteiger partial charge in [0.25, 0.3) is 0 Å². The lowest BCUT2D eigenvalue weighted by atomic mass is 9.85. The van der Waals surface area contributed by atoms with Crippen molar-refractivity contribution in [3.05, 3.63) is 53.6 Å². The molecule has 0 bridgehead atoms. The van der Waals surface area contributed by atoms with Gasteiger partial charge in [-0.15, -0.1) is 0 Å². The molecule has 3 N–H and O–H groups in total. The second kappa shape index (κ2) is 7.95. The van der Waals surface area contributed by atoms with Gasteiger partial charge in [-0.2, -0.15) is 0 Å². The number of amides is 2. The highest BCUT2D eigenvalue weighted by molar-refractivity contribution is 5.91. The van der Waals surface area contributed by atoms with Crippen molar-refractivity contribution in [2.24, 2.45) is 0 Å². The van der Waals surface area contributed by atoms with Crippen LogP contribution in [-0.4, -0.2) is 28.8 Å². The number of ether oxygens (including phenoxy) is 2. The van der Waals surface area contributed by atoms with Crippen molar-refractivity contribution < 1.29 is 18.7 Å². The molecule has 2 amide bonds. The highest BCUT2D eigenvalue weighted by Crippen LogP contribution is 2.34. The Labute approximate surface area is 173 Å². The Morgan fingerprint density at radius 3 is 3.03 bits per heavy atom. The lowest BCUT2D eigenvalue weighted by Crippen LogP contribution is -2.40. The number of H-pyrrole nitrogens is 1. The Kier molecular flexibility index (Phi) is 5.00. The molecular formula is C22H23FN4O3. The van der Waals surface area contributed by atoms with Gasteiger partial charge in [-0.25, -0.2) is 14.2 Å². The van der Waals surface area contributed by atoms with Crippen LogP contribution in [0.5, 0.6) is 5.75 Å². The first-order valence-corrected chi connectivity index (χ1v) is 10.2. The average molecular weight is 410 g/mol. The Bertz CT molecular complexity index is 1050. The van der Waals surface area contributed by atoms with Crippen LogP contribution in [0.4, 0.5) is 14.9 Å². The maximum absolute atomic E-state index is 13.9. The first-order valence-electron chi connectivity index (χ1n) is 10.2. The summed E-state index contributed by atoms with van der Waals surface area (Å²) in [5, 5.41) is 5.77. The van der Waals surface area contributed by atoms with E-state index in [1.807, 2.05) is 24.3 Å². The summed E-state index contributed by atoms with van der Waals surface area (Å²) in [5.41, 5.74) is 2.88. The van der Waals surface area contributed by atoms with E-state index in [1.54, 1.807) is 0 Å². The maximum atomic E-state index is 13.9. The molecule has 0 saturated heterocycles. The number of urea groups is 1. The van der Waals surface area contributed by atoms with E-state index < -0.39 is 5.82 Å². The molecule has 156 valence electrons. The van der Waals surface area contributed by atoms with E-state index in [4.69, 9.17) is 14.5 Å². The fraction of sp³-hybridized carbons (Fsp3) is 0.364. The molecule has 8 heteroatoms. The summed E-state index contributed by atoms with van der Waals surface area (Å²) in [6.07, 6.45) is 3.74. The van der Waals surface area contributed by atoms with Crippen molar-refractivity contribution in [1.29, 1.82) is 0 Å². The summed E-state index contributed by atoms with van der Waals surface area (Å²) in [4.78, 5) is 20.7. The van der Waals surface area contributed by atoms with Crippen molar-refractivity contribution in [1.82, 2.24) is 15.3 Å². The van der Waals surface area contributed by atoms with E-state index in [1.165, 1.54) is 12.1 Å². The lowest BCUT2D eigenvalue weighted by Gasteiger charge is -2.29. The van der Waals surface area contributed by atoms with E-state index in [0.717, 1.165) is 42.5 Å². The molecule has 7 nitrogen and oxygen atoms in total. The molecule has 30 heavy (non-hydrogen) atoms. The van der Waals surface area contributed by atoms with Crippen LogP contribution in [0, 0.1) is 5.82 Å². The van der Waals surface area contributed by atoms with Crippen LogP contribution >= 0.6 is 0 Å². The second-order valence-electron chi connectivity index (χ2n) is 7.85. The molecular weight excluding hydrogens is 387 g/mol. The fourth-order valence-electron chi connectivity index (χ4n) is 4.35. The van der Waals surface area contributed by atoms with Crippen molar-refractivity contribution in [2.75, 3.05) is 12.1 Å². The van der Waals surface area contributed by atoms with Gasteiger partial charge in [-0.3, -0.25) is 0 Å². The largest absolute Gasteiger partial charge is 0.465 e. The topological polar surface area (TPSA) is 88.3 Å². The number of fused-ring (bicyclic) bond motifs is 2. The third-order valence-electron chi connectivity index (χ3n) is 5.73. The number of aromatic amines is 1. The molecule has 5 rings (SSSR count). The van der Waals surface area contributed by atoms with Gasteiger partial charge in [0.05, 0.1) is 23.3 Å². The van der Waals surface area contributed by atoms with Gasteiger partial charge in [0.2, 0.25) is 0 Å². The number of hydrogen-bond donors (Lipinski definition) is 3. The number of benzene rings is 2. The zero-order valence-electron chi connectivity index (χ0n) is 16.4. The normalized spacial score (nSPS) is 21.0. The number of aromatic nitrogens is 2. The van der Waals surface area contributed by atoms with Crippen LogP contribution in [0.15, 0.2) is 36.4 Å². The minimum Gasteiger partial charge on any atom is -0.465 e. The smallest absolute Gasteiger partial charge is 0.319 e. The van der Waals surface area contributed by atoms with E-state index in [0.29, 0.717) is 17.0 Å². The molecule has 2 heterocycles. The predicted octanol–water partition coefficient (Wildman–Crippen LogP) is 4.42. The van der Waals surface area contributed by atoms with Crippen molar-refractivity contribution in [2.45, 2.75) is 44.2 Å². The van der Waals surface area contributed by atoms with Crippen LogP contribution in [-0.2, 0) is 11.3 Å². The number of imidazole rings is 1. The Morgan fingerprint density at radius 2 is 2.13 bits per heavy atom. The molecule has 2 aromatic carbocycles. The van der Waals surface area contributed by atoms with Gasteiger partial charge in [-0.1, -0.05) is 18.6 Å². The van der Waals surface area contributed by atoms with Gasteiger partial charge >= 0.3 is 6.03 Å². The van der Waals surface area contributed by atoms with Gasteiger partial charge in [0, 0.05) is 23.6 Å². The van der Waals surface area contributed by atoms with Crippen molar-refractivity contribution in [3.63, 3.8) is 0 Å². The molecule has 2 atom stereocenters. The number of hydrogen-bond acceptors (Lipinski definition) is 4. The lowest BCUT2D eigenvalue weighted by molar-refractivity contribution is -0.0160. The summed E-state index contributed by atoms with van der Waals surface area (Å²) < 4.78 is 24.5. The van der Waals surface area contributed by atoms with Crippen LogP contribution in [0.3, 0.4) is 0 Å². The third-order valence-corrected chi connectivity index (χ3v) is 5.73. The summed E-state index contributed by atoms with van der Waals surface area (Å²) >= 11 is 0. The van der Waals surface area contributed by atoms with Gasteiger partial charge in [0.1, 0.15) is 11.6 Å². The van der Waals surface area contributed by atoms with Crippen molar-refractivity contribution in [3.8, 4) is 5.75 Å². The number of nitrogens with zero attached hydrogens (tertiary/aromatic N) is 1. The Hall–Kier alpha value is -3.13. The Balaban J connectivity index is 1.26. The predicted molar refractivity (Wildman–Crippen MR) is 110 cm³/mol. The van der Waals surface area contributed by atoms with Gasteiger partial charge in [-0.05, 0) is 37.5 Å². The molecule has 1 fully saturated rings. The molecule has 1 aliphatic heterocycles. The number of halogens is 1. The van der Waals surface area contributed by atoms with E-state index in [-0.39, 0.29) is 31.4 Å². The quantitative estimate of drug-likeness (QED) is 0.597. The van der Waals surface area contributed by atoms with E-state index >= 15 is 0 Å².